The molecule has 1 fully saturated rings. The zero-order valence-corrected chi connectivity index (χ0v) is 18.0. The average molecular weight is 422 g/mol. The first-order valence-corrected chi connectivity index (χ1v) is 10.6. The molecule has 30 heavy (non-hydrogen) atoms. The Hall–Kier alpha value is -3.24. The predicted octanol–water partition coefficient (Wildman–Crippen LogP) is 4.63. The van der Waals surface area contributed by atoms with Crippen LogP contribution in [0.25, 0.3) is 0 Å². The Labute approximate surface area is 180 Å². The van der Waals surface area contributed by atoms with E-state index in [2.05, 4.69) is 5.32 Å². The first kappa shape index (κ1) is 21.5. The molecule has 0 bridgehead atoms. The van der Waals surface area contributed by atoms with Crippen molar-refractivity contribution in [1.29, 1.82) is 5.26 Å². The smallest absolute Gasteiger partial charge is 0.269 e. The Balaban J connectivity index is 1.97. The van der Waals surface area contributed by atoms with Gasteiger partial charge in [-0.1, -0.05) is 36.4 Å². The molecule has 3 rings (SSSR count). The minimum Gasteiger partial charge on any atom is -0.494 e. The Morgan fingerprint density at radius 3 is 2.40 bits per heavy atom. The fraction of sp³-hybridized carbons (Fsp3) is 0.261. The Morgan fingerprint density at radius 2 is 1.83 bits per heavy atom. The van der Waals surface area contributed by atoms with Gasteiger partial charge in [-0.25, -0.2) is 0 Å². The molecule has 0 aliphatic carbocycles. The van der Waals surface area contributed by atoms with E-state index < -0.39 is 5.91 Å². The lowest BCUT2D eigenvalue weighted by atomic mass is 10.2. The van der Waals surface area contributed by atoms with Gasteiger partial charge in [-0.15, -0.1) is 0 Å². The highest BCUT2D eigenvalue weighted by Gasteiger charge is 2.39. The monoisotopic (exact) mass is 421 g/mol. The number of aryl methyl sites for hydroxylation is 1. The van der Waals surface area contributed by atoms with Gasteiger partial charge in [0.25, 0.3) is 5.91 Å². The fourth-order valence-electron chi connectivity index (χ4n) is 3.04. The molecule has 2 amide bonds. The van der Waals surface area contributed by atoms with Gasteiger partial charge in [-0.05, 0) is 56.7 Å². The van der Waals surface area contributed by atoms with Gasteiger partial charge in [0.15, 0.2) is 0 Å². The van der Waals surface area contributed by atoms with Crippen molar-refractivity contribution in [3.63, 3.8) is 0 Å². The molecule has 1 saturated heterocycles. The van der Waals surface area contributed by atoms with Crippen LogP contribution in [0.3, 0.4) is 0 Å². The van der Waals surface area contributed by atoms with E-state index in [-0.39, 0.29) is 16.7 Å². The van der Waals surface area contributed by atoms with Crippen LogP contribution in [0.15, 0.2) is 59.1 Å². The van der Waals surface area contributed by atoms with Crippen molar-refractivity contribution < 1.29 is 14.3 Å². The number of carbonyl (C=O) groups is 2. The molecule has 0 spiro atoms. The molecule has 154 valence electrons. The van der Waals surface area contributed by atoms with Crippen LogP contribution in [0, 0.1) is 18.3 Å². The maximum absolute atomic E-state index is 13.0. The molecule has 2 aromatic rings. The third-order valence-electron chi connectivity index (χ3n) is 4.59. The number of carbonyl (C=O) groups excluding carboxylic acids is 2. The first-order chi connectivity index (χ1) is 14.5. The molecule has 0 radical (unpaired) electrons. The minimum absolute atomic E-state index is 0.0845. The van der Waals surface area contributed by atoms with Gasteiger partial charge >= 0.3 is 0 Å². The molecule has 1 unspecified atom stereocenters. The number of rotatable bonds is 6. The molecule has 1 aliphatic rings. The van der Waals surface area contributed by atoms with E-state index in [0.717, 1.165) is 5.56 Å². The zero-order valence-electron chi connectivity index (χ0n) is 17.1. The average Bonchev–Trinajstić information content (AvgIpc) is 3.07. The van der Waals surface area contributed by atoms with Crippen molar-refractivity contribution >= 4 is 35.0 Å². The van der Waals surface area contributed by atoms with Crippen LogP contribution >= 0.6 is 11.8 Å². The lowest BCUT2D eigenvalue weighted by Crippen LogP contribution is -2.29. The second-order valence-corrected chi connectivity index (χ2v) is 7.92. The molecular weight excluding hydrogens is 398 g/mol. The van der Waals surface area contributed by atoms with E-state index in [4.69, 9.17) is 4.74 Å². The lowest BCUT2D eigenvalue weighted by molar-refractivity contribution is -0.117. The fourth-order valence-corrected chi connectivity index (χ4v) is 4.24. The second-order valence-electron chi connectivity index (χ2n) is 6.73. The number of anilines is 2. The van der Waals surface area contributed by atoms with Gasteiger partial charge in [0.1, 0.15) is 22.4 Å². The number of benzene rings is 2. The number of thioether (sulfide) groups is 1. The summed E-state index contributed by atoms with van der Waals surface area (Å²) in [5.41, 5.74) is 2.17. The summed E-state index contributed by atoms with van der Waals surface area (Å²) in [4.78, 5) is 27.3. The van der Waals surface area contributed by atoms with Crippen LogP contribution < -0.4 is 15.0 Å². The van der Waals surface area contributed by atoms with Crippen LogP contribution in [-0.2, 0) is 9.59 Å². The highest BCUT2D eigenvalue weighted by atomic mass is 32.2. The van der Waals surface area contributed by atoms with E-state index in [1.54, 1.807) is 36.4 Å². The largest absolute Gasteiger partial charge is 0.494 e. The van der Waals surface area contributed by atoms with Crippen molar-refractivity contribution in [2.24, 2.45) is 0 Å². The lowest BCUT2D eigenvalue weighted by Gasteiger charge is -2.19. The van der Waals surface area contributed by atoms with Crippen LogP contribution in [0.4, 0.5) is 11.4 Å². The van der Waals surface area contributed by atoms with Gasteiger partial charge in [0, 0.05) is 11.4 Å². The van der Waals surface area contributed by atoms with Crippen molar-refractivity contribution in [3.05, 3.63) is 64.7 Å². The highest BCUT2D eigenvalue weighted by molar-refractivity contribution is 8.05. The molecule has 0 aromatic heterocycles. The molecule has 1 N–H and O–H groups in total. The third kappa shape index (κ3) is 4.50. The van der Waals surface area contributed by atoms with Gasteiger partial charge in [-0.3, -0.25) is 14.5 Å². The minimum atomic E-state index is -0.538. The highest BCUT2D eigenvalue weighted by Crippen LogP contribution is 2.42. The summed E-state index contributed by atoms with van der Waals surface area (Å²) < 4.78 is 5.46. The summed E-state index contributed by atoms with van der Waals surface area (Å²) in [6.07, 6.45) is 0.596. The van der Waals surface area contributed by atoms with E-state index >= 15 is 0 Å². The van der Waals surface area contributed by atoms with Crippen LogP contribution in [0.2, 0.25) is 0 Å². The molecule has 2 aromatic carbocycles. The number of hydrogen-bond donors (Lipinski definition) is 1. The van der Waals surface area contributed by atoms with E-state index in [9.17, 15) is 14.9 Å². The standard InChI is InChI=1S/C23H23N3O3S/c1-4-20-22(28)26(17-10-12-18(13-11-17)29-5-2)23(30-20)19(14-24)21(27)25-16-8-6-15(3)7-9-16/h6-13,20H,4-5H2,1-3H3,(H,25,27)/b23-19-. The second kappa shape index (κ2) is 9.51. The quantitative estimate of drug-likeness (QED) is 0.543. The number of nitrogens with zero attached hydrogens (tertiary/aromatic N) is 2. The van der Waals surface area contributed by atoms with Gasteiger partial charge < -0.3 is 10.1 Å². The summed E-state index contributed by atoms with van der Waals surface area (Å²) in [7, 11) is 0. The Morgan fingerprint density at radius 1 is 1.17 bits per heavy atom. The maximum Gasteiger partial charge on any atom is 0.269 e. The van der Waals surface area contributed by atoms with Crippen molar-refractivity contribution in [3.8, 4) is 11.8 Å². The molecule has 1 atom stereocenters. The predicted molar refractivity (Wildman–Crippen MR) is 119 cm³/mol. The number of hydrogen-bond acceptors (Lipinski definition) is 5. The SMILES string of the molecule is CCOc1ccc(N2C(=O)C(CC)S/C2=C(/C#N)C(=O)Nc2ccc(C)cc2)cc1. The number of nitriles is 1. The Bertz CT molecular complexity index is 1010. The molecule has 1 aliphatic heterocycles. The molecule has 1 heterocycles. The van der Waals surface area contributed by atoms with E-state index in [1.807, 2.05) is 39.0 Å². The third-order valence-corrected chi connectivity index (χ3v) is 6.02. The summed E-state index contributed by atoms with van der Waals surface area (Å²) in [5.74, 6) is 0.0117. The molecular formula is C23H23N3O3S. The first-order valence-electron chi connectivity index (χ1n) is 9.74. The summed E-state index contributed by atoms with van der Waals surface area (Å²) in [6.45, 7) is 6.30. The Kier molecular flexibility index (Phi) is 6.80. The van der Waals surface area contributed by atoms with Crippen molar-refractivity contribution in [2.75, 3.05) is 16.8 Å². The van der Waals surface area contributed by atoms with Crippen LogP contribution in [0.5, 0.6) is 5.75 Å². The van der Waals surface area contributed by atoms with Gasteiger partial charge in [0.2, 0.25) is 5.91 Å². The number of amides is 2. The van der Waals surface area contributed by atoms with E-state index in [0.29, 0.717) is 35.2 Å². The molecule has 0 saturated carbocycles. The van der Waals surface area contributed by atoms with Crippen LogP contribution in [-0.4, -0.2) is 23.7 Å². The summed E-state index contributed by atoms with van der Waals surface area (Å²) in [6, 6.07) is 16.4. The summed E-state index contributed by atoms with van der Waals surface area (Å²) in [5, 5.41) is 12.5. The zero-order chi connectivity index (χ0) is 21.7. The maximum atomic E-state index is 13.0. The van der Waals surface area contributed by atoms with Gasteiger partial charge in [0.05, 0.1) is 11.9 Å². The normalized spacial score (nSPS) is 17.5. The van der Waals surface area contributed by atoms with Crippen molar-refractivity contribution in [1.82, 2.24) is 0 Å². The number of nitrogens with one attached hydrogen (secondary N) is 1. The summed E-state index contributed by atoms with van der Waals surface area (Å²) >= 11 is 1.25. The van der Waals surface area contributed by atoms with Crippen LogP contribution in [0.1, 0.15) is 25.8 Å². The van der Waals surface area contributed by atoms with Crippen molar-refractivity contribution in [2.45, 2.75) is 32.4 Å². The molecule has 6 nitrogen and oxygen atoms in total. The molecule has 7 heteroatoms. The number of ether oxygens (including phenoxy) is 1. The van der Waals surface area contributed by atoms with Gasteiger partial charge in [-0.2, -0.15) is 5.26 Å². The topological polar surface area (TPSA) is 82.4 Å². The van der Waals surface area contributed by atoms with E-state index in [1.165, 1.54) is 16.7 Å².